The normalized spacial score (nSPS) is 18.0. The number of aromatic amines is 1. The van der Waals surface area contributed by atoms with E-state index < -0.39 is 5.91 Å². The second-order valence-electron chi connectivity index (χ2n) is 6.25. The number of carbonyl (C=O) groups is 1. The van der Waals surface area contributed by atoms with Gasteiger partial charge >= 0.3 is 0 Å². The Hall–Kier alpha value is -2.38. The quantitative estimate of drug-likeness (QED) is 0.752. The van der Waals surface area contributed by atoms with Gasteiger partial charge in [-0.05, 0) is 25.0 Å². The Balaban J connectivity index is 1.63. The molecule has 1 saturated heterocycles. The highest BCUT2D eigenvalue weighted by Gasteiger charge is 2.28. The molecule has 6 nitrogen and oxygen atoms in total. The fourth-order valence-electron chi connectivity index (χ4n) is 3.36. The fourth-order valence-corrected chi connectivity index (χ4v) is 4.38. The van der Waals surface area contributed by atoms with Gasteiger partial charge in [0.05, 0.1) is 19.3 Å². The molecule has 0 spiro atoms. The van der Waals surface area contributed by atoms with Gasteiger partial charge in [0.2, 0.25) is 0 Å². The highest BCUT2D eigenvalue weighted by molar-refractivity contribution is 7.15. The highest BCUT2D eigenvalue weighted by atomic mass is 32.1. The number of aromatic nitrogens is 2. The van der Waals surface area contributed by atoms with Gasteiger partial charge in [-0.25, -0.2) is 4.98 Å². The maximum absolute atomic E-state index is 11.5. The average Bonchev–Trinajstić information content (AvgIpc) is 3.20. The van der Waals surface area contributed by atoms with E-state index in [2.05, 4.69) is 39.3 Å². The number of morpholine rings is 1. The maximum Gasteiger partial charge on any atom is 0.268 e. The third-order valence-corrected chi connectivity index (χ3v) is 5.63. The summed E-state index contributed by atoms with van der Waals surface area (Å²) in [6.45, 7) is 3.95. The Morgan fingerprint density at radius 2 is 2.32 bits per heavy atom. The van der Waals surface area contributed by atoms with E-state index in [1.54, 1.807) is 0 Å². The number of carbonyl (C=O) groups excluding carboxylic acids is 1. The lowest BCUT2D eigenvalue weighted by molar-refractivity contribution is 0.0940. The predicted octanol–water partition coefficient (Wildman–Crippen LogP) is 2.48. The van der Waals surface area contributed by atoms with Crippen molar-refractivity contribution in [2.24, 2.45) is 5.73 Å². The first-order chi connectivity index (χ1) is 12.1. The van der Waals surface area contributed by atoms with Crippen molar-refractivity contribution in [2.45, 2.75) is 19.4 Å². The van der Waals surface area contributed by atoms with Gasteiger partial charge in [0, 0.05) is 28.5 Å². The third-order valence-electron chi connectivity index (χ3n) is 4.62. The molecular formula is C18H20N4O2S. The Morgan fingerprint density at radius 1 is 1.48 bits per heavy atom. The summed E-state index contributed by atoms with van der Waals surface area (Å²) in [6, 6.07) is 8.48. The summed E-state index contributed by atoms with van der Waals surface area (Å²) < 4.78 is 5.71. The van der Waals surface area contributed by atoms with Crippen molar-refractivity contribution in [3.05, 3.63) is 46.6 Å². The van der Waals surface area contributed by atoms with Crippen LogP contribution in [-0.2, 0) is 11.2 Å². The first kappa shape index (κ1) is 16.1. The number of nitrogens with two attached hydrogens (primary N) is 1. The van der Waals surface area contributed by atoms with Gasteiger partial charge in [-0.2, -0.15) is 0 Å². The number of primary amides is 1. The molecule has 7 heteroatoms. The van der Waals surface area contributed by atoms with E-state index in [-0.39, 0.29) is 6.04 Å². The number of H-pyrrole nitrogens is 1. The molecule has 0 unspecified atom stereocenters. The molecule has 3 aromatic rings. The third kappa shape index (κ3) is 3.01. The minimum atomic E-state index is -0.471. The smallest absolute Gasteiger partial charge is 0.268 e. The number of anilines is 1. The van der Waals surface area contributed by atoms with Crippen molar-refractivity contribution >= 4 is 33.3 Å². The van der Waals surface area contributed by atoms with Crippen LogP contribution in [0.5, 0.6) is 0 Å². The molecule has 1 aliphatic rings. The fraction of sp³-hybridized carbons (Fsp3) is 0.333. The number of fused-ring (bicyclic) bond motifs is 1. The number of hydrogen-bond donors (Lipinski definition) is 2. The number of thiazole rings is 1. The summed E-state index contributed by atoms with van der Waals surface area (Å²) in [6.07, 6.45) is 2.92. The molecule has 1 aliphatic heterocycles. The number of nitrogens with zero attached hydrogens (tertiary/aromatic N) is 2. The zero-order chi connectivity index (χ0) is 17.4. The molecule has 1 amide bonds. The molecular weight excluding hydrogens is 336 g/mol. The van der Waals surface area contributed by atoms with Crippen molar-refractivity contribution in [1.82, 2.24) is 9.97 Å². The Morgan fingerprint density at radius 3 is 3.12 bits per heavy atom. The molecule has 1 aromatic carbocycles. The number of rotatable bonds is 4. The van der Waals surface area contributed by atoms with E-state index in [0.29, 0.717) is 18.9 Å². The number of hydrogen-bond acceptors (Lipinski definition) is 5. The van der Waals surface area contributed by atoms with Crippen LogP contribution in [0.3, 0.4) is 0 Å². The van der Waals surface area contributed by atoms with Crippen LogP contribution in [0.15, 0.2) is 30.5 Å². The van der Waals surface area contributed by atoms with Crippen LogP contribution in [0, 0.1) is 6.92 Å². The number of aryl methyl sites for hydroxylation is 1. The van der Waals surface area contributed by atoms with E-state index >= 15 is 0 Å². The summed E-state index contributed by atoms with van der Waals surface area (Å²) >= 11 is 1.52. The minimum absolute atomic E-state index is 0.180. The van der Waals surface area contributed by atoms with Crippen LogP contribution in [0.25, 0.3) is 10.9 Å². The number of benzene rings is 1. The summed E-state index contributed by atoms with van der Waals surface area (Å²) in [5, 5.41) is 2.08. The molecule has 0 saturated carbocycles. The monoisotopic (exact) mass is 356 g/mol. The van der Waals surface area contributed by atoms with Crippen LogP contribution < -0.4 is 10.6 Å². The topological polar surface area (TPSA) is 84.2 Å². The molecule has 0 bridgehead atoms. The zero-order valence-electron chi connectivity index (χ0n) is 14.0. The van der Waals surface area contributed by atoms with Gasteiger partial charge in [0.25, 0.3) is 5.91 Å². The first-order valence-electron chi connectivity index (χ1n) is 8.30. The molecule has 3 N–H and O–H groups in total. The lowest BCUT2D eigenvalue weighted by atomic mass is 10.0. The number of ether oxygens (including phenoxy) is 1. The van der Waals surface area contributed by atoms with Crippen LogP contribution >= 0.6 is 11.3 Å². The van der Waals surface area contributed by atoms with E-state index in [4.69, 9.17) is 10.5 Å². The summed E-state index contributed by atoms with van der Waals surface area (Å²) in [5.74, 6) is -0.471. The zero-order valence-corrected chi connectivity index (χ0v) is 14.8. The van der Waals surface area contributed by atoms with E-state index in [0.717, 1.165) is 28.5 Å². The second kappa shape index (κ2) is 6.50. The van der Waals surface area contributed by atoms with E-state index in [9.17, 15) is 4.79 Å². The molecule has 130 valence electrons. The van der Waals surface area contributed by atoms with E-state index in [1.807, 2.05) is 13.0 Å². The predicted molar refractivity (Wildman–Crippen MR) is 99.3 cm³/mol. The van der Waals surface area contributed by atoms with Gasteiger partial charge < -0.3 is 20.4 Å². The maximum atomic E-state index is 11.5. The Labute approximate surface area is 149 Å². The van der Waals surface area contributed by atoms with Gasteiger partial charge in [-0.15, -0.1) is 11.3 Å². The molecule has 0 radical (unpaired) electrons. The Bertz CT molecular complexity index is 917. The summed E-state index contributed by atoms with van der Waals surface area (Å²) in [5.41, 5.74) is 8.20. The number of para-hydroxylation sites is 1. The number of amides is 1. The van der Waals surface area contributed by atoms with Crippen molar-refractivity contribution in [1.29, 1.82) is 0 Å². The van der Waals surface area contributed by atoms with Gasteiger partial charge in [-0.3, -0.25) is 4.79 Å². The van der Waals surface area contributed by atoms with Gasteiger partial charge in [0.1, 0.15) is 5.69 Å². The molecule has 4 rings (SSSR count). The second-order valence-corrected chi connectivity index (χ2v) is 7.43. The molecule has 3 heterocycles. The van der Waals surface area contributed by atoms with Crippen LogP contribution in [-0.4, -0.2) is 41.7 Å². The average molecular weight is 356 g/mol. The molecule has 0 aliphatic carbocycles. The van der Waals surface area contributed by atoms with Crippen LogP contribution in [0.4, 0.5) is 5.13 Å². The molecule has 25 heavy (non-hydrogen) atoms. The molecule has 2 aromatic heterocycles. The summed E-state index contributed by atoms with van der Waals surface area (Å²) in [4.78, 5) is 22.4. The van der Waals surface area contributed by atoms with Crippen molar-refractivity contribution in [2.75, 3.05) is 24.7 Å². The van der Waals surface area contributed by atoms with Crippen LogP contribution in [0.2, 0.25) is 0 Å². The summed E-state index contributed by atoms with van der Waals surface area (Å²) in [7, 11) is 0. The SMILES string of the molecule is Cc1sc(N2CCOC[C@@H]2Cc2c[nH]c3ccccc23)nc1C(N)=O. The minimum Gasteiger partial charge on any atom is -0.377 e. The van der Waals surface area contributed by atoms with Crippen molar-refractivity contribution in [3.8, 4) is 0 Å². The Kier molecular flexibility index (Phi) is 4.19. The van der Waals surface area contributed by atoms with Crippen molar-refractivity contribution in [3.63, 3.8) is 0 Å². The lowest BCUT2D eigenvalue weighted by Crippen LogP contribution is -2.46. The first-order valence-corrected chi connectivity index (χ1v) is 9.11. The van der Waals surface area contributed by atoms with Crippen molar-refractivity contribution < 1.29 is 9.53 Å². The standard InChI is InChI=1S/C18H20N4O2S/c1-11-16(17(19)23)21-18(25-11)22-6-7-24-10-13(22)8-12-9-20-15-5-3-2-4-14(12)15/h2-5,9,13,20H,6-8,10H2,1H3,(H2,19,23)/t13-/m0/s1. The van der Waals surface area contributed by atoms with Crippen LogP contribution in [0.1, 0.15) is 20.9 Å². The number of nitrogens with one attached hydrogen (secondary N) is 1. The molecule has 1 fully saturated rings. The molecule has 1 atom stereocenters. The van der Waals surface area contributed by atoms with Gasteiger partial charge in [-0.1, -0.05) is 18.2 Å². The van der Waals surface area contributed by atoms with Gasteiger partial charge in [0.15, 0.2) is 5.13 Å². The van der Waals surface area contributed by atoms with E-state index in [1.165, 1.54) is 22.3 Å². The lowest BCUT2D eigenvalue weighted by Gasteiger charge is -2.35. The highest BCUT2D eigenvalue weighted by Crippen LogP contribution is 2.30. The largest absolute Gasteiger partial charge is 0.377 e.